The number of amidine groups is 1. The number of hydrogen-bond donors (Lipinski definition) is 2. The molecular formula is C19H16F2N4O2. The second-order valence-electron chi connectivity index (χ2n) is 5.62. The topological polar surface area (TPSA) is 79.6 Å². The Hall–Kier alpha value is -3.39. The van der Waals surface area contributed by atoms with Crippen LogP contribution in [0.2, 0.25) is 0 Å². The monoisotopic (exact) mass is 370 g/mol. The lowest BCUT2D eigenvalue weighted by Crippen LogP contribution is -2.22. The number of nitrogens with one attached hydrogen (secondary N) is 1. The Kier molecular flexibility index (Phi) is 5.68. The fraction of sp³-hybridized carbons (Fsp3) is 0.105. The molecule has 8 heteroatoms. The summed E-state index contributed by atoms with van der Waals surface area (Å²) in [5.74, 6) is -1.74. The number of nitrogens with zero attached hydrogens (tertiary/aromatic N) is 3. The Morgan fingerprint density at radius 2 is 2.04 bits per heavy atom. The van der Waals surface area contributed by atoms with Crippen LogP contribution in [0.25, 0.3) is 0 Å². The van der Waals surface area contributed by atoms with Gasteiger partial charge in [-0.2, -0.15) is 0 Å². The van der Waals surface area contributed by atoms with Gasteiger partial charge in [0, 0.05) is 24.2 Å². The van der Waals surface area contributed by atoms with E-state index >= 15 is 0 Å². The summed E-state index contributed by atoms with van der Waals surface area (Å²) in [7, 11) is 0. The summed E-state index contributed by atoms with van der Waals surface area (Å²) >= 11 is 0. The van der Waals surface area contributed by atoms with Gasteiger partial charge in [0.1, 0.15) is 5.75 Å². The number of aryl methyl sites for hydroxylation is 1. The number of ether oxygens (including phenoxy) is 1. The molecule has 0 spiro atoms. The molecule has 6 nitrogen and oxygen atoms in total. The third kappa shape index (κ3) is 4.62. The van der Waals surface area contributed by atoms with Crippen LogP contribution in [0, 0.1) is 18.6 Å². The molecule has 0 unspecified atom stereocenters. The Morgan fingerprint density at radius 1 is 1.19 bits per heavy atom. The maximum absolute atomic E-state index is 13.4. The molecule has 2 aromatic heterocycles. The van der Waals surface area contributed by atoms with Crippen molar-refractivity contribution in [1.29, 1.82) is 0 Å². The standard InChI is InChI=1S/C19H16F2N4O2/c1-12-4-6-15(18(25-26)23-11-13-3-2-8-22-10-13)19(24-12)27-14-5-7-16(20)17(21)9-14/h2-10,26H,11H2,1H3,(H,23,25). The molecule has 0 atom stereocenters. The summed E-state index contributed by atoms with van der Waals surface area (Å²) < 4.78 is 32.1. The first-order valence-corrected chi connectivity index (χ1v) is 8.01. The SMILES string of the molecule is Cc1ccc(C(=NCc2cccnc2)NO)c(Oc2ccc(F)c(F)c2)n1. The Bertz CT molecular complexity index is 965. The quantitative estimate of drug-likeness (QED) is 0.406. The highest BCUT2D eigenvalue weighted by Gasteiger charge is 2.14. The normalized spacial score (nSPS) is 11.3. The first kappa shape index (κ1) is 18.4. The number of halogens is 2. The number of hydroxylamine groups is 1. The van der Waals surface area contributed by atoms with Gasteiger partial charge in [-0.3, -0.25) is 20.7 Å². The number of aliphatic imine (C=N–C) groups is 1. The van der Waals surface area contributed by atoms with Crippen molar-refractivity contribution in [3.05, 3.63) is 83.3 Å². The predicted molar refractivity (Wildman–Crippen MR) is 94.8 cm³/mol. The van der Waals surface area contributed by atoms with Gasteiger partial charge in [0.2, 0.25) is 5.88 Å². The molecule has 3 aromatic rings. The van der Waals surface area contributed by atoms with Gasteiger partial charge >= 0.3 is 0 Å². The highest BCUT2D eigenvalue weighted by atomic mass is 19.2. The minimum absolute atomic E-state index is 0.0674. The summed E-state index contributed by atoms with van der Waals surface area (Å²) in [6.45, 7) is 2.01. The molecule has 138 valence electrons. The van der Waals surface area contributed by atoms with Crippen LogP contribution >= 0.6 is 0 Å². The number of hydrogen-bond acceptors (Lipinski definition) is 5. The van der Waals surface area contributed by atoms with Crippen molar-refractivity contribution in [2.75, 3.05) is 0 Å². The number of pyridine rings is 2. The fourth-order valence-electron chi connectivity index (χ4n) is 2.29. The van der Waals surface area contributed by atoms with Crippen LogP contribution in [0.3, 0.4) is 0 Å². The second kappa shape index (κ2) is 8.33. The third-order valence-electron chi connectivity index (χ3n) is 3.61. The molecule has 0 aliphatic heterocycles. The van der Waals surface area contributed by atoms with E-state index in [4.69, 9.17) is 4.74 Å². The van der Waals surface area contributed by atoms with E-state index in [1.54, 1.807) is 37.5 Å². The van der Waals surface area contributed by atoms with E-state index < -0.39 is 11.6 Å². The number of aromatic nitrogens is 2. The minimum atomic E-state index is -1.03. The zero-order valence-electron chi connectivity index (χ0n) is 14.4. The highest BCUT2D eigenvalue weighted by Crippen LogP contribution is 2.25. The van der Waals surface area contributed by atoms with Crippen molar-refractivity contribution in [3.8, 4) is 11.6 Å². The van der Waals surface area contributed by atoms with Gasteiger partial charge in [0.25, 0.3) is 0 Å². The molecule has 0 fully saturated rings. The van der Waals surface area contributed by atoms with Gasteiger partial charge < -0.3 is 4.74 Å². The largest absolute Gasteiger partial charge is 0.438 e. The molecule has 0 aliphatic carbocycles. The number of rotatable bonds is 5. The molecular weight excluding hydrogens is 354 g/mol. The molecule has 27 heavy (non-hydrogen) atoms. The van der Waals surface area contributed by atoms with E-state index in [9.17, 15) is 14.0 Å². The molecule has 0 amide bonds. The second-order valence-corrected chi connectivity index (χ2v) is 5.62. The summed E-state index contributed by atoms with van der Waals surface area (Å²) in [4.78, 5) is 12.6. The molecule has 1 aromatic carbocycles. The van der Waals surface area contributed by atoms with Crippen molar-refractivity contribution >= 4 is 5.84 Å². The summed E-state index contributed by atoms with van der Waals surface area (Å²) in [5, 5.41) is 9.51. The molecule has 0 bridgehead atoms. The average Bonchev–Trinajstić information content (AvgIpc) is 2.67. The van der Waals surface area contributed by atoms with Gasteiger partial charge in [-0.1, -0.05) is 6.07 Å². The van der Waals surface area contributed by atoms with Crippen LogP contribution in [0.5, 0.6) is 11.6 Å². The minimum Gasteiger partial charge on any atom is -0.438 e. The van der Waals surface area contributed by atoms with E-state index in [1.807, 2.05) is 11.5 Å². The fourth-order valence-corrected chi connectivity index (χ4v) is 2.29. The summed E-state index contributed by atoms with van der Waals surface area (Å²) in [5.41, 5.74) is 3.87. The summed E-state index contributed by atoms with van der Waals surface area (Å²) in [6, 6.07) is 10.2. The van der Waals surface area contributed by atoms with Crippen LogP contribution < -0.4 is 10.2 Å². The Morgan fingerprint density at radius 3 is 2.74 bits per heavy atom. The molecule has 3 rings (SSSR count). The van der Waals surface area contributed by atoms with E-state index in [0.29, 0.717) is 11.3 Å². The lowest BCUT2D eigenvalue weighted by molar-refractivity contribution is 0.234. The van der Waals surface area contributed by atoms with Crippen LogP contribution in [0.4, 0.5) is 8.78 Å². The van der Waals surface area contributed by atoms with Gasteiger partial charge in [-0.15, -0.1) is 0 Å². The zero-order valence-corrected chi connectivity index (χ0v) is 14.4. The lowest BCUT2D eigenvalue weighted by atomic mass is 10.2. The van der Waals surface area contributed by atoms with E-state index in [1.165, 1.54) is 6.07 Å². The molecule has 0 radical (unpaired) electrons. The first-order valence-electron chi connectivity index (χ1n) is 8.01. The smallest absolute Gasteiger partial charge is 0.230 e. The van der Waals surface area contributed by atoms with Crippen LogP contribution in [0.15, 0.2) is 59.9 Å². The van der Waals surface area contributed by atoms with Gasteiger partial charge in [-0.25, -0.2) is 13.8 Å². The maximum atomic E-state index is 13.4. The molecule has 0 aliphatic rings. The Balaban J connectivity index is 1.92. The van der Waals surface area contributed by atoms with Crippen LogP contribution in [-0.4, -0.2) is 21.0 Å². The molecule has 0 saturated carbocycles. The van der Waals surface area contributed by atoms with E-state index in [0.717, 1.165) is 17.7 Å². The van der Waals surface area contributed by atoms with E-state index in [2.05, 4.69) is 15.0 Å². The van der Waals surface area contributed by atoms with Crippen LogP contribution in [-0.2, 0) is 6.54 Å². The first-order chi connectivity index (χ1) is 13.1. The van der Waals surface area contributed by atoms with Gasteiger partial charge in [-0.05, 0) is 42.8 Å². The van der Waals surface area contributed by atoms with Crippen molar-refractivity contribution in [1.82, 2.24) is 15.4 Å². The predicted octanol–water partition coefficient (Wildman–Crippen LogP) is 3.78. The molecule has 2 heterocycles. The van der Waals surface area contributed by atoms with E-state index in [-0.39, 0.29) is 24.0 Å². The average molecular weight is 370 g/mol. The summed E-state index contributed by atoms with van der Waals surface area (Å²) in [6.07, 6.45) is 3.31. The Labute approximate surface area is 154 Å². The third-order valence-corrected chi connectivity index (χ3v) is 3.61. The van der Waals surface area contributed by atoms with Crippen molar-refractivity contribution in [3.63, 3.8) is 0 Å². The van der Waals surface area contributed by atoms with Crippen LogP contribution in [0.1, 0.15) is 16.8 Å². The molecule has 2 N–H and O–H groups in total. The van der Waals surface area contributed by atoms with Crippen molar-refractivity contribution < 1.29 is 18.7 Å². The highest BCUT2D eigenvalue weighted by molar-refractivity contribution is 6.00. The van der Waals surface area contributed by atoms with Gasteiger partial charge in [0.05, 0.1) is 12.1 Å². The van der Waals surface area contributed by atoms with Crippen molar-refractivity contribution in [2.45, 2.75) is 13.5 Å². The van der Waals surface area contributed by atoms with Gasteiger partial charge in [0.15, 0.2) is 17.5 Å². The van der Waals surface area contributed by atoms with Crippen molar-refractivity contribution in [2.24, 2.45) is 4.99 Å². The zero-order chi connectivity index (χ0) is 19.2. The maximum Gasteiger partial charge on any atom is 0.230 e. The lowest BCUT2D eigenvalue weighted by Gasteiger charge is -2.12. The molecule has 0 saturated heterocycles. The number of benzene rings is 1.